The molecule has 2 atom stereocenters. The number of hydrogen-bond acceptors (Lipinski definition) is 3. The number of likely N-dealkylation sites (N-methyl/N-ethyl adjacent to an activating group) is 1. The molecule has 0 aliphatic carbocycles. The van der Waals surface area contributed by atoms with E-state index in [1.807, 2.05) is 25.2 Å². The Morgan fingerprint density at radius 1 is 1.56 bits per heavy atom. The standard InChI is InChI=1S/C14H17ClN2O/c1-10-13(5-6-18-10)17(2)14-4-3-11(8-15)7-12(14)9-16/h3-4,7,10,13H,5-6,8H2,1-2H3. The molecule has 1 fully saturated rings. The van der Waals surface area contributed by atoms with E-state index < -0.39 is 0 Å². The maximum atomic E-state index is 9.24. The number of nitriles is 1. The highest BCUT2D eigenvalue weighted by atomic mass is 35.5. The Kier molecular flexibility index (Phi) is 4.11. The molecule has 0 radical (unpaired) electrons. The second-order valence-corrected chi connectivity index (χ2v) is 4.91. The van der Waals surface area contributed by atoms with Crippen LogP contribution in [0.15, 0.2) is 18.2 Å². The Morgan fingerprint density at radius 3 is 2.89 bits per heavy atom. The highest BCUT2D eigenvalue weighted by Gasteiger charge is 2.29. The summed E-state index contributed by atoms with van der Waals surface area (Å²) in [4.78, 5) is 2.15. The SMILES string of the molecule is CC1OCCC1N(C)c1ccc(CCl)cc1C#N. The quantitative estimate of drug-likeness (QED) is 0.788. The van der Waals surface area contributed by atoms with Crippen molar-refractivity contribution in [2.45, 2.75) is 31.4 Å². The van der Waals surface area contributed by atoms with Crippen molar-refractivity contribution in [1.29, 1.82) is 5.26 Å². The third kappa shape index (κ3) is 2.45. The van der Waals surface area contributed by atoms with E-state index in [9.17, 15) is 5.26 Å². The molecule has 1 saturated heterocycles. The van der Waals surface area contributed by atoms with Crippen LogP contribution >= 0.6 is 11.6 Å². The molecular weight excluding hydrogens is 248 g/mol. The summed E-state index contributed by atoms with van der Waals surface area (Å²) in [7, 11) is 2.02. The lowest BCUT2D eigenvalue weighted by molar-refractivity contribution is 0.118. The van der Waals surface area contributed by atoms with Gasteiger partial charge in [0.2, 0.25) is 0 Å². The van der Waals surface area contributed by atoms with E-state index in [2.05, 4.69) is 17.9 Å². The number of ether oxygens (including phenoxy) is 1. The first-order chi connectivity index (χ1) is 8.67. The Bertz CT molecular complexity index is 469. The van der Waals surface area contributed by atoms with E-state index in [-0.39, 0.29) is 6.10 Å². The first-order valence-electron chi connectivity index (χ1n) is 6.10. The maximum absolute atomic E-state index is 9.24. The molecule has 3 nitrogen and oxygen atoms in total. The van der Waals surface area contributed by atoms with Gasteiger partial charge in [0.25, 0.3) is 0 Å². The third-order valence-electron chi connectivity index (χ3n) is 3.55. The van der Waals surface area contributed by atoms with Crippen LogP contribution in [-0.2, 0) is 10.6 Å². The molecule has 0 amide bonds. The van der Waals surface area contributed by atoms with Crippen LogP contribution in [0.4, 0.5) is 5.69 Å². The number of hydrogen-bond donors (Lipinski definition) is 0. The van der Waals surface area contributed by atoms with Gasteiger partial charge in [-0.2, -0.15) is 5.26 Å². The number of benzene rings is 1. The predicted molar refractivity (Wildman–Crippen MR) is 72.9 cm³/mol. The fraction of sp³-hybridized carbons (Fsp3) is 0.500. The molecule has 2 rings (SSSR count). The second-order valence-electron chi connectivity index (χ2n) is 4.64. The molecule has 1 aliphatic heterocycles. The van der Waals surface area contributed by atoms with Gasteiger partial charge in [0.05, 0.1) is 23.4 Å². The lowest BCUT2D eigenvalue weighted by Gasteiger charge is -2.29. The molecule has 1 aliphatic rings. The molecule has 0 N–H and O–H groups in total. The molecule has 96 valence electrons. The van der Waals surface area contributed by atoms with Crippen molar-refractivity contribution >= 4 is 17.3 Å². The maximum Gasteiger partial charge on any atom is 0.101 e. The van der Waals surface area contributed by atoms with E-state index in [0.717, 1.165) is 24.3 Å². The molecule has 0 saturated carbocycles. The molecule has 0 aromatic heterocycles. The minimum absolute atomic E-state index is 0.203. The van der Waals surface area contributed by atoms with Crippen molar-refractivity contribution in [2.24, 2.45) is 0 Å². The van der Waals surface area contributed by atoms with Crippen LogP contribution in [0, 0.1) is 11.3 Å². The molecule has 1 aromatic rings. The zero-order chi connectivity index (χ0) is 13.1. The third-order valence-corrected chi connectivity index (χ3v) is 3.86. The average Bonchev–Trinajstić information content (AvgIpc) is 2.83. The first-order valence-corrected chi connectivity index (χ1v) is 6.64. The van der Waals surface area contributed by atoms with E-state index in [4.69, 9.17) is 16.3 Å². The van der Waals surface area contributed by atoms with Crippen molar-refractivity contribution in [3.63, 3.8) is 0 Å². The van der Waals surface area contributed by atoms with Gasteiger partial charge < -0.3 is 9.64 Å². The normalized spacial score (nSPS) is 22.8. The number of alkyl halides is 1. The number of rotatable bonds is 3. The monoisotopic (exact) mass is 264 g/mol. The summed E-state index contributed by atoms with van der Waals surface area (Å²) in [6.07, 6.45) is 1.20. The number of halogens is 1. The lowest BCUT2D eigenvalue weighted by atomic mass is 10.1. The summed E-state index contributed by atoms with van der Waals surface area (Å²) in [6.45, 7) is 2.87. The molecule has 4 heteroatoms. The lowest BCUT2D eigenvalue weighted by Crippen LogP contribution is -2.37. The molecule has 2 unspecified atom stereocenters. The van der Waals surface area contributed by atoms with Crippen molar-refractivity contribution in [3.05, 3.63) is 29.3 Å². The molecule has 0 spiro atoms. The van der Waals surface area contributed by atoms with Crippen LogP contribution in [0.25, 0.3) is 0 Å². The first kappa shape index (κ1) is 13.2. The number of nitrogens with zero attached hydrogens (tertiary/aromatic N) is 2. The van der Waals surface area contributed by atoms with E-state index in [0.29, 0.717) is 17.5 Å². The second kappa shape index (κ2) is 5.60. The Hall–Kier alpha value is -1.24. The summed E-state index contributed by atoms with van der Waals surface area (Å²) < 4.78 is 5.58. The van der Waals surface area contributed by atoms with E-state index in [1.165, 1.54) is 0 Å². The van der Waals surface area contributed by atoms with Gasteiger partial charge >= 0.3 is 0 Å². The van der Waals surface area contributed by atoms with Crippen molar-refractivity contribution in [3.8, 4) is 6.07 Å². The largest absolute Gasteiger partial charge is 0.376 e. The molecule has 18 heavy (non-hydrogen) atoms. The zero-order valence-corrected chi connectivity index (χ0v) is 11.4. The number of anilines is 1. The van der Waals surface area contributed by atoms with Gasteiger partial charge in [-0.1, -0.05) is 6.07 Å². The highest BCUT2D eigenvalue weighted by Crippen LogP contribution is 2.27. The van der Waals surface area contributed by atoms with Crippen molar-refractivity contribution in [2.75, 3.05) is 18.6 Å². The van der Waals surface area contributed by atoms with Crippen LogP contribution in [0.3, 0.4) is 0 Å². The minimum Gasteiger partial charge on any atom is -0.376 e. The summed E-state index contributed by atoms with van der Waals surface area (Å²) in [5.41, 5.74) is 2.60. The summed E-state index contributed by atoms with van der Waals surface area (Å²) in [6, 6.07) is 8.39. The van der Waals surface area contributed by atoms with Crippen LogP contribution in [0.5, 0.6) is 0 Å². The Labute approximate surface area is 113 Å². The Balaban J connectivity index is 2.30. The van der Waals surface area contributed by atoms with E-state index in [1.54, 1.807) is 0 Å². The summed E-state index contributed by atoms with van der Waals surface area (Å²) >= 11 is 5.80. The summed E-state index contributed by atoms with van der Waals surface area (Å²) in [5, 5.41) is 9.24. The molecule has 1 heterocycles. The van der Waals surface area contributed by atoms with Crippen molar-refractivity contribution in [1.82, 2.24) is 0 Å². The fourth-order valence-corrected chi connectivity index (χ4v) is 2.64. The van der Waals surface area contributed by atoms with Crippen LogP contribution in [0.2, 0.25) is 0 Å². The smallest absolute Gasteiger partial charge is 0.101 e. The average molecular weight is 265 g/mol. The highest BCUT2D eigenvalue weighted by molar-refractivity contribution is 6.17. The Morgan fingerprint density at radius 2 is 2.33 bits per heavy atom. The molecular formula is C14H17ClN2O. The molecule has 0 bridgehead atoms. The predicted octanol–water partition coefficient (Wildman–Crippen LogP) is 2.91. The zero-order valence-electron chi connectivity index (χ0n) is 10.7. The van der Waals surface area contributed by atoms with Gasteiger partial charge in [0.15, 0.2) is 0 Å². The van der Waals surface area contributed by atoms with Gasteiger partial charge in [-0.05, 0) is 31.0 Å². The van der Waals surface area contributed by atoms with Gasteiger partial charge in [-0.15, -0.1) is 11.6 Å². The van der Waals surface area contributed by atoms with Gasteiger partial charge in [-0.25, -0.2) is 0 Å². The molecule has 1 aromatic carbocycles. The topological polar surface area (TPSA) is 36.3 Å². The van der Waals surface area contributed by atoms with Gasteiger partial charge in [0.1, 0.15) is 6.07 Å². The van der Waals surface area contributed by atoms with E-state index >= 15 is 0 Å². The van der Waals surface area contributed by atoms with Gasteiger partial charge in [-0.3, -0.25) is 0 Å². The van der Waals surface area contributed by atoms with Crippen LogP contribution in [0.1, 0.15) is 24.5 Å². The minimum atomic E-state index is 0.203. The summed E-state index contributed by atoms with van der Waals surface area (Å²) in [5.74, 6) is 0.432. The van der Waals surface area contributed by atoms with Crippen molar-refractivity contribution < 1.29 is 4.74 Å². The van der Waals surface area contributed by atoms with Gasteiger partial charge in [0, 0.05) is 19.5 Å². The fourth-order valence-electron chi connectivity index (χ4n) is 2.47. The van der Waals surface area contributed by atoms with Crippen LogP contribution in [-0.4, -0.2) is 25.8 Å². The van der Waals surface area contributed by atoms with Crippen LogP contribution < -0.4 is 4.90 Å².